The van der Waals surface area contributed by atoms with Gasteiger partial charge in [-0.25, -0.2) is 0 Å². The van der Waals surface area contributed by atoms with Crippen molar-refractivity contribution < 1.29 is 22.5 Å². The quantitative estimate of drug-likeness (QED) is 0.489. The summed E-state index contributed by atoms with van der Waals surface area (Å²) in [5.41, 5.74) is 4.93. The minimum Gasteiger partial charge on any atom is -0.481 e. The van der Waals surface area contributed by atoms with Crippen molar-refractivity contribution in [2.45, 2.75) is 18.8 Å². The lowest BCUT2D eigenvalue weighted by atomic mass is 10.2. The topological polar surface area (TPSA) is 101 Å². The number of carboxylic acids is 2. The van der Waals surface area contributed by atoms with Gasteiger partial charge in [0.2, 0.25) is 0 Å². The average Bonchev–Trinajstić information content (AvgIpc) is 2.00. The Morgan fingerprint density at radius 1 is 1.60 bits per heavy atom. The third-order valence-electron chi connectivity index (χ3n) is 0.731. The molecule has 5 nitrogen and oxygen atoms in total. The molecule has 4 N–H and O–H groups in total. The van der Waals surface area contributed by atoms with E-state index in [9.17, 15) is 9.59 Å². The molecule has 0 saturated heterocycles. The number of hydrogen-bond donors (Lipinski definition) is 3. The molecule has 0 heterocycles. The van der Waals surface area contributed by atoms with Crippen LogP contribution in [0.15, 0.2) is 0 Å². The summed E-state index contributed by atoms with van der Waals surface area (Å²) in [5.74, 6) is -3.03. The molecule has 0 amide bonds. The summed E-state index contributed by atoms with van der Waals surface area (Å²) in [5, 5.41) is 16.5. The second-order valence-corrected chi connectivity index (χ2v) is 1.56. The van der Waals surface area contributed by atoms with Gasteiger partial charge in [0.1, 0.15) is 6.04 Å². The molecule has 58 valence electrons. The maximum Gasteiger partial charge on any atom is 0.320 e. The van der Waals surface area contributed by atoms with Crippen LogP contribution in [0.3, 0.4) is 0 Å². The summed E-state index contributed by atoms with van der Waals surface area (Å²) in [6.07, 6.45) is -3.48. The van der Waals surface area contributed by atoms with Crippen molar-refractivity contribution in [1.29, 1.82) is 0 Å². The first-order valence-corrected chi connectivity index (χ1v) is 2.43. The smallest absolute Gasteiger partial charge is 0.320 e. The summed E-state index contributed by atoms with van der Waals surface area (Å²) >= 11 is 0. The second kappa shape index (κ2) is 3.84. The van der Waals surface area contributed by atoms with E-state index in [-0.39, 0.29) is 0 Å². The average molecular weight is 149 g/mol. The molecule has 0 bridgehead atoms. The molecule has 0 aliphatic carbocycles. The van der Waals surface area contributed by atoms with Crippen LogP contribution in [0.2, 0.25) is 0 Å². The van der Waals surface area contributed by atoms with Crippen molar-refractivity contribution in [3.8, 4) is 0 Å². The highest BCUT2D eigenvalue weighted by Crippen LogP contribution is 1.93. The molecule has 0 saturated carbocycles. The monoisotopic (exact) mass is 149 g/mol. The Kier molecular flexibility index (Phi) is 2.17. The van der Waals surface area contributed by atoms with Gasteiger partial charge in [-0.1, -0.05) is 0 Å². The summed E-state index contributed by atoms with van der Waals surface area (Å²) in [4.78, 5) is 20.3. The van der Waals surface area contributed by atoms with Crippen LogP contribution in [0.1, 0.15) is 15.5 Å². The second-order valence-electron chi connectivity index (χ2n) is 1.56. The highest BCUT2D eigenvalue weighted by molar-refractivity contribution is 5.74. The molecule has 0 radical (unpaired) electrons. The van der Waals surface area contributed by atoms with Crippen LogP contribution in [0.25, 0.3) is 0 Å². The fourth-order valence-corrected chi connectivity index (χ4v) is 0.268. The van der Waals surface area contributed by atoms with Gasteiger partial charge in [0.15, 0.2) is 0 Å². The Hall–Kier alpha value is -1.10. The van der Waals surface area contributed by atoms with E-state index >= 15 is 0 Å². The zero-order chi connectivity index (χ0) is 9.89. The van der Waals surface area contributed by atoms with Crippen molar-refractivity contribution in [3.63, 3.8) is 0 Å². The SMILES string of the molecule is [2H][C@H]([C@H](N)C(=O)O)[C@@H]([2H])C(=O)O. The minimum atomic E-state index is -1.82. The molecule has 0 fully saturated rings. The van der Waals surface area contributed by atoms with E-state index in [0.717, 1.165) is 0 Å². The third kappa shape index (κ3) is 3.85. The van der Waals surface area contributed by atoms with Crippen LogP contribution < -0.4 is 5.73 Å². The number of aliphatic carboxylic acids is 2. The Bertz CT molecular complexity index is 178. The van der Waals surface area contributed by atoms with Gasteiger partial charge in [0.05, 0.1) is 0 Å². The zero-order valence-corrected chi connectivity index (χ0v) is 5.02. The Morgan fingerprint density at radius 2 is 2.10 bits per heavy atom. The molecular formula is C5H9NO4. The lowest BCUT2D eigenvalue weighted by Crippen LogP contribution is -2.30. The van der Waals surface area contributed by atoms with E-state index in [1.807, 2.05) is 0 Å². The van der Waals surface area contributed by atoms with Crippen molar-refractivity contribution in [3.05, 3.63) is 0 Å². The molecule has 0 aliphatic rings. The maximum atomic E-state index is 10.1. The van der Waals surface area contributed by atoms with Gasteiger partial charge in [-0.2, -0.15) is 0 Å². The van der Waals surface area contributed by atoms with Gasteiger partial charge >= 0.3 is 11.9 Å². The lowest BCUT2D eigenvalue weighted by molar-refractivity contribution is -0.139. The van der Waals surface area contributed by atoms with Gasteiger partial charge in [-0.15, -0.1) is 0 Å². The Morgan fingerprint density at radius 3 is 2.40 bits per heavy atom. The normalized spacial score (nSPS) is 21.7. The zero-order valence-electron chi connectivity index (χ0n) is 7.02. The minimum absolute atomic E-state index is 1.48. The van der Waals surface area contributed by atoms with Crippen LogP contribution in [0, 0.1) is 0 Å². The van der Waals surface area contributed by atoms with Crippen LogP contribution in [-0.4, -0.2) is 28.2 Å². The first-order chi connectivity index (χ1) is 5.37. The largest absolute Gasteiger partial charge is 0.481 e. The maximum absolute atomic E-state index is 10.1. The Labute approximate surface area is 60.3 Å². The van der Waals surface area contributed by atoms with E-state index < -0.39 is 30.8 Å². The summed E-state index contributed by atoms with van der Waals surface area (Å²) < 4.78 is 13.8. The molecule has 5 heteroatoms. The molecule has 0 spiro atoms. The summed E-state index contributed by atoms with van der Waals surface area (Å²) in [6, 6.07) is -1.64. The third-order valence-corrected chi connectivity index (χ3v) is 0.731. The fourth-order valence-electron chi connectivity index (χ4n) is 0.268. The molecule has 0 unspecified atom stereocenters. The lowest BCUT2D eigenvalue weighted by Gasteiger charge is -2.01. The molecule has 0 aliphatic heterocycles. The van der Waals surface area contributed by atoms with E-state index in [1.165, 1.54) is 0 Å². The highest BCUT2D eigenvalue weighted by atomic mass is 16.4. The standard InChI is InChI=1S/C5H9NO4/c6-3(5(9)10)1-2-4(7)8/h3H,1-2,6H2,(H,7,8)(H,9,10)/t3-/m0/s1/i1D,2D/t1-,2+,3-. The van der Waals surface area contributed by atoms with Gasteiger partial charge in [-0.05, 0) is 6.40 Å². The van der Waals surface area contributed by atoms with Crippen molar-refractivity contribution in [2.24, 2.45) is 5.73 Å². The van der Waals surface area contributed by atoms with Gasteiger partial charge in [-0.3, -0.25) is 9.59 Å². The molecule has 0 aromatic heterocycles. The number of nitrogens with two attached hydrogens (primary N) is 1. The fraction of sp³-hybridized carbons (Fsp3) is 0.600. The summed E-state index contributed by atoms with van der Waals surface area (Å²) in [7, 11) is 0. The van der Waals surface area contributed by atoms with Crippen LogP contribution in [0.4, 0.5) is 0 Å². The van der Waals surface area contributed by atoms with Crippen LogP contribution >= 0.6 is 0 Å². The van der Waals surface area contributed by atoms with E-state index in [2.05, 4.69) is 0 Å². The molecule has 3 atom stereocenters. The van der Waals surface area contributed by atoms with Crippen molar-refractivity contribution in [2.75, 3.05) is 0 Å². The number of hydrogen-bond acceptors (Lipinski definition) is 3. The van der Waals surface area contributed by atoms with Crippen LogP contribution in [-0.2, 0) is 9.59 Å². The van der Waals surface area contributed by atoms with E-state index in [4.69, 9.17) is 18.7 Å². The van der Waals surface area contributed by atoms with Gasteiger partial charge in [0.25, 0.3) is 0 Å². The highest BCUT2D eigenvalue weighted by Gasteiger charge is 2.12. The Balaban J connectivity index is 4.28. The molecular weight excluding hydrogens is 138 g/mol. The number of rotatable bonds is 4. The van der Waals surface area contributed by atoms with E-state index in [1.54, 1.807) is 0 Å². The predicted octanol–water partition coefficient (Wildman–Crippen LogP) is -0.737. The molecule has 0 rings (SSSR count). The molecule has 0 aromatic carbocycles. The van der Waals surface area contributed by atoms with E-state index in [0.29, 0.717) is 0 Å². The molecule has 10 heavy (non-hydrogen) atoms. The van der Waals surface area contributed by atoms with Crippen molar-refractivity contribution >= 4 is 11.9 Å². The first-order valence-electron chi connectivity index (χ1n) is 3.59. The summed E-state index contributed by atoms with van der Waals surface area (Å²) in [6.45, 7) is 0. The molecule has 0 aromatic rings. The van der Waals surface area contributed by atoms with Gasteiger partial charge < -0.3 is 15.9 Å². The number of carbonyl (C=O) groups is 2. The predicted molar refractivity (Wildman–Crippen MR) is 32.5 cm³/mol. The first kappa shape index (κ1) is 5.67. The van der Waals surface area contributed by atoms with Crippen LogP contribution in [0.5, 0.6) is 0 Å². The number of carboxylic acid groups (broad SMARTS) is 2. The van der Waals surface area contributed by atoms with Crippen molar-refractivity contribution in [1.82, 2.24) is 0 Å². The van der Waals surface area contributed by atoms with Gasteiger partial charge in [0, 0.05) is 9.14 Å².